The highest BCUT2D eigenvalue weighted by atomic mass is 28.3. The van der Waals surface area contributed by atoms with E-state index < -0.39 is 19.6 Å². The third-order valence-corrected chi connectivity index (χ3v) is 8.86. The van der Waals surface area contributed by atoms with Gasteiger partial charge in [-0.25, -0.2) is 9.78 Å². The minimum atomic E-state index is -1.95. The van der Waals surface area contributed by atoms with Crippen molar-refractivity contribution >= 4 is 24.9 Å². The fourth-order valence-corrected chi connectivity index (χ4v) is 7.20. The summed E-state index contributed by atoms with van der Waals surface area (Å²) in [6.07, 6.45) is 0.122. The van der Waals surface area contributed by atoms with Gasteiger partial charge in [-0.1, -0.05) is 26.6 Å². The maximum Gasteiger partial charge on any atom is 0.343 e. The van der Waals surface area contributed by atoms with Gasteiger partial charge in [0.25, 0.3) is 5.56 Å². The Labute approximate surface area is 186 Å². The molecule has 0 bridgehead atoms. The monoisotopic (exact) mass is 450 g/mol. The highest BCUT2D eigenvalue weighted by Crippen LogP contribution is 2.45. The lowest BCUT2D eigenvalue weighted by Crippen LogP contribution is -2.46. The van der Waals surface area contributed by atoms with Gasteiger partial charge in [0, 0.05) is 16.5 Å². The quantitative estimate of drug-likeness (QED) is 0.485. The second-order valence-electron chi connectivity index (χ2n) is 9.64. The third kappa shape index (κ3) is 2.72. The average molecular weight is 451 g/mol. The van der Waals surface area contributed by atoms with Crippen LogP contribution < -0.4 is 10.3 Å². The highest BCUT2D eigenvalue weighted by Gasteiger charge is 2.47. The first-order valence-electron chi connectivity index (χ1n) is 10.8. The summed E-state index contributed by atoms with van der Waals surface area (Å²) in [5.74, 6) is 0.0333. The van der Waals surface area contributed by atoms with E-state index in [0.717, 1.165) is 27.9 Å². The van der Waals surface area contributed by atoms with Gasteiger partial charge in [0.15, 0.2) is 5.60 Å². The van der Waals surface area contributed by atoms with Gasteiger partial charge in [-0.05, 0) is 36.8 Å². The maximum atomic E-state index is 13.8. The number of hydrogen-bond donors (Lipinski definition) is 1. The smallest absolute Gasteiger partial charge is 0.343 e. The lowest BCUT2D eigenvalue weighted by molar-refractivity contribution is -0.172. The summed E-state index contributed by atoms with van der Waals surface area (Å²) in [6, 6.07) is 9.59. The van der Waals surface area contributed by atoms with Crippen molar-refractivity contribution in [1.29, 1.82) is 0 Å². The van der Waals surface area contributed by atoms with Crippen molar-refractivity contribution in [3.05, 3.63) is 57.4 Å². The molecule has 2 aromatic heterocycles. The van der Waals surface area contributed by atoms with Crippen molar-refractivity contribution in [1.82, 2.24) is 9.55 Å². The van der Waals surface area contributed by atoms with E-state index in [2.05, 4.69) is 25.7 Å². The molecule has 2 aliphatic rings. The number of esters is 1. The Morgan fingerprint density at radius 3 is 2.66 bits per heavy atom. The van der Waals surface area contributed by atoms with Crippen molar-refractivity contribution in [2.24, 2.45) is 0 Å². The number of methoxy groups -OCH3 is 1. The van der Waals surface area contributed by atoms with Crippen LogP contribution in [0.1, 0.15) is 35.7 Å². The maximum absolute atomic E-state index is 13.8. The van der Waals surface area contributed by atoms with E-state index in [4.69, 9.17) is 14.5 Å². The van der Waals surface area contributed by atoms with E-state index in [1.54, 1.807) is 20.1 Å². The number of carbonyl (C=O) groups is 1. The van der Waals surface area contributed by atoms with Gasteiger partial charge in [-0.15, -0.1) is 0 Å². The molecule has 4 heterocycles. The summed E-state index contributed by atoms with van der Waals surface area (Å²) < 4.78 is 12.4. The molecule has 0 spiro atoms. The van der Waals surface area contributed by atoms with Crippen molar-refractivity contribution in [3.8, 4) is 17.1 Å². The number of rotatable bonds is 3. The third-order valence-electron chi connectivity index (χ3n) is 6.65. The summed E-state index contributed by atoms with van der Waals surface area (Å²) >= 11 is 0. The van der Waals surface area contributed by atoms with E-state index in [0.29, 0.717) is 16.8 Å². The summed E-state index contributed by atoms with van der Waals surface area (Å²) in [5.41, 5.74) is 1.68. The molecule has 0 unspecified atom stereocenters. The lowest BCUT2D eigenvalue weighted by atomic mass is 9.86. The number of pyridine rings is 2. The molecule has 8 heteroatoms. The highest BCUT2D eigenvalue weighted by molar-refractivity contribution is 6.77. The molecular formula is C24H26N2O5Si. The van der Waals surface area contributed by atoms with Gasteiger partial charge in [0.2, 0.25) is 0 Å². The Kier molecular flexibility index (Phi) is 4.42. The molecule has 0 radical (unpaired) electrons. The van der Waals surface area contributed by atoms with Crippen LogP contribution in [0.4, 0.5) is 0 Å². The van der Waals surface area contributed by atoms with Crippen LogP contribution in [0.3, 0.4) is 0 Å². The predicted octanol–water partition coefficient (Wildman–Crippen LogP) is 3.51. The molecule has 2 aliphatic heterocycles. The number of benzene rings is 1. The summed E-state index contributed by atoms with van der Waals surface area (Å²) in [7, 11) is -0.319. The first-order chi connectivity index (χ1) is 15.1. The zero-order chi connectivity index (χ0) is 23.0. The fourth-order valence-electron chi connectivity index (χ4n) is 5.02. The Morgan fingerprint density at radius 2 is 2.00 bits per heavy atom. The Balaban J connectivity index is 1.87. The largest absolute Gasteiger partial charge is 0.497 e. The average Bonchev–Trinajstić information content (AvgIpc) is 3.08. The molecule has 7 nitrogen and oxygen atoms in total. The topological polar surface area (TPSA) is 90.7 Å². The molecule has 0 aliphatic carbocycles. The van der Waals surface area contributed by atoms with E-state index in [-0.39, 0.29) is 24.3 Å². The first-order valence-corrected chi connectivity index (χ1v) is 14.4. The standard InChI is InChI=1S/C24H26N2O5Si/c1-6-24(29)17-11-19-20-15(10-13-9-14(30-2)7-8-18(13)25-20)22(32(3,4)5)26(19)21(27)16(17)12-31-23(24)28/h7-11,22,29H,6,12H2,1-5H3/t22-,24-/m0/s1. The number of fused-ring (bicyclic) bond motifs is 5. The van der Waals surface area contributed by atoms with Crippen molar-refractivity contribution in [2.45, 2.75) is 50.9 Å². The fraction of sp³-hybridized carbons (Fsp3) is 0.375. The molecule has 0 saturated carbocycles. The van der Waals surface area contributed by atoms with Crippen LogP contribution in [-0.4, -0.2) is 35.8 Å². The second-order valence-corrected chi connectivity index (χ2v) is 14.9. The number of hydrogen-bond acceptors (Lipinski definition) is 6. The molecule has 0 amide bonds. The van der Waals surface area contributed by atoms with Crippen molar-refractivity contribution in [3.63, 3.8) is 0 Å². The Bertz CT molecular complexity index is 1360. The van der Waals surface area contributed by atoms with Crippen LogP contribution >= 0.6 is 0 Å². The number of ether oxygens (including phenoxy) is 2. The molecular weight excluding hydrogens is 424 g/mol. The lowest BCUT2D eigenvalue weighted by Gasteiger charge is -2.33. The minimum absolute atomic E-state index is 0.122. The molecule has 166 valence electrons. The number of aliphatic hydroxyl groups is 1. The second kappa shape index (κ2) is 6.76. The van der Waals surface area contributed by atoms with Crippen LogP contribution in [0, 0.1) is 0 Å². The van der Waals surface area contributed by atoms with Gasteiger partial charge in [0.05, 0.1) is 43.3 Å². The van der Waals surface area contributed by atoms with Crippen molar-refractivity contribution < 1.29 is 19.4 Å². The molecule has 3 aromatic rings. The van der Waals surface area contributed by atoms with Crippen LogP contribution in [0.25, 0.3) is 22.3 Å². The molecule has 32 heavy (non-hydrogen) atoms. The van der Waals surface area contributed by atoms with Gasteiger partial charge < -0.3 is 19.1 Å². The number of cyclic esters (lactones) is 1. The Morgan fingerprint density at radius 1 is 1.25 bits per heavy atom. The van der Waals surface area contributed by atoms with Crippen LogP contribution in [-0.2, 0) is 21.7 Å². The Hall–Kier alpha value is -2.97. The molecule has 2 atom stereocenters. The molecule has 5 rings (SSSR count). The van der Waals surface area contributed by atoms with Crippen molar-refractivity contribution in [2.75, 3.05) is 7.11 Å². The van der Waals surface area contributed by atoms with E-state index in [1.807, 2.05) is 22.8 Å². The molecule has 0 fully saturated rings. The van der Waals surface area contributed by atoms with Gasteiger partial charge in [-0.2, -0.15) is 0 Å². The summed E-state index contributed by atoms with van der Waals surface area (Å²) in [5, 5.41) is 12.1. The van der Waals surface area contributed by atoms with Gasteiger partial charge >= 0.3 is 5.97 Å². The summed E-state index contributed by atoms with van der Waals surface area (Å²) in [4.78, 5) is 31.1. The predicted molar refractivity (Wildman–Crippen MR) is 123 cm³/mol. The SMILES string of the molecule is CC[C@@]1(O)C(=O)OCc2c1cc1n(c2=O)[C@@H]([Si](C)(C)C)c2cc3cc(OC)ccc3nc2-1. The van der Waals surface area contributed by atoms with Gasteiger partial charge in [-0.3, -0.25) is 4.79 Å². The minimum Gasteiger partial charge on any atom is -0.497 e. The van der Waals surface area contributed by atoms with E-state index in [1.165, 1.54) is 0 Å². The zero-order valence-electron chi connectivity index (χ0n) is 18.9. The number of nitrogens with zero attached hydrogens (tertiary/aromatic N) is 2. The summed E-state index contributed by atoms with van der Waals surface area (Å²) in [6.45, 7) is 8.25. The van der Waals surface area contributed by atoms with Crippen LogP contribution in [0.15, 0.2) is 35.1 Å². The van der Waals surface area contributed by atoms with Crippen LogP contribution in [0.5, 0.6) is 5.75 Å². The number of aromatic nitrogens is 2. The molecule has 1 aromatic carbocycles. The molecule has 1 N–H and O–H groups in total. The first kappa shape index (κ1) is 20.9. The normalized spacial score (nSPS) is 21.7. The van der Waals surface area contributed by atoms with Crippen LogP contribution in [0.2, 0.25) is 19.6 Å². The van der Waals surface area contributed by atoms with E-state index >= 15 is 0 Å². The molecule has 0 saturated heterocycles. The van der Waals surface area contributed by atoms with E-state index in [9.17, 15) is 14.7 Å². The zero-order valence-corrected chi connectivity index (χ0v) is 19.9. The van der Waals surface area contributed by atoms with Gasteiger partial charge in [0.1, 0.15) is 12.4 Å². The number of carbonyl (C=O) groups excluding carboxylic acids is 1.